The zero-order valence-electron chi connectivity index (χ0n) is 17.7. The first-order valence-electron chi connectivity index (χ1n) is 9.92. The van der Waals surface area contributed by atoms with Gasteiger partial charge in [-0.15, -0.1) is 0 Å². The number of hydrogen-bond donors (Lipinski definition) is 4. The number of nitrogens with zero attached hydrogens (tertiary/aromatic N) is 3. The average Bonchev–Trinajstić information content (AvgIpc) is 3.20. The Balaban J connectivity index is 1.93. The van der Waals surface area contributed by atoms with Crippen molar-refractivity contribution in [3.8, 4) is 23.3 Å². The molecule has 3 rings (SSSR count). The van der Waals surface area contributed by atoms with Crippen LogP contribution in [-0.4, -0.2) is 63.7 Å². The molecule has 2 heterocycles. The number of hydroxylamine groups is 1. The molecule has 11 heteroatoms. The van der Waals surface area contributed by atoms with Crippen LogP contribution in [0.5, 0.6) is 5.88 Å². The number of nitrogens with two attached hydrogens (primary N) is 1. The number of nitrogens with one attached hydrogen (secondary N) is 1. The van der Waals surface area contributed by atoms with Gasteiger partial charge in [0.2, 0.25) is 5.88 Å². The molecule has 1 fully saturated rings. The molecule has 32 heavy (non-hydrogen) atoms. The molecule has 1 aliphatic rings. The number of carbonyl (C=O) groups is 1. The van der Waals surface area contributed by atoms with Crippen molar-refractivity contribution < 1.29 is 29.3 Å². The number of aliphatic hydroxyl groups excluding tert-OH is 1. The molecule has 1 saturated heterocycles. The Labute approximate surface area is 184 Å². The number of benzene rings is 1. The molecule has 0 aliphatic carbocycles. The molecule has 1 amide bonds. The Morgan fingerprint density at radius 2 is 2.22 bits per heavy atom. The Morgan fingerprint density at radius 1 is 1.44 bits per heavy atom. The molecule has 1 unspecified atom stereocenters. The van der Waals surface area contributed by atoms with Crippen LogP contribution in [0, 0.1) is 11.3 Å². The van der Waals surface area contributed by atoms with E-state index in [0.29, 0.717) is 17.5 Å². The van der Waals surface area contributed by atoms with E-state index < -0.39 is 17.6 Å². The van der Waals surface area contributed by atoms with E-state index in [9.17, 15) is 15.0 Å². The first kappa shape index (κ1) is 23.4. The third-order valence-corrected chi connectivity index (χ3v) is 4.50. The van der Waals surface area contributed by atoms with Gasteiger partial charge in [0, 0.05) is 12.0 Å². The van der Waals surface area contributed by atoms with E-state index in [2.05, 4.69) is 15.4 Å². The molecule has 0 radical (unpaired) electrons. The summed E-state index contributed by atoms with van der Waals surface area (Å²) in [5.41, 5.74) is 7.90. The predicted octanol–water partition coefficient (Wildman–Crippen LogP) is 0.558. The highest BCUT2D eigenvalue weighted by Gasteiger charge is 2.30. The van der Waals surface area contributed by atoms with E-state index in [1.54, 1.807) is 24.3 Å². The number of aliphatic hydroxyl groups is 2. The average molecular weight is 443 g/mol. The smallest absolute Gasteiger partial charge is 0.284 e. The summed E-state index contributed by atoms with van der Waals surface area (Å²) in [7, 11) is 0. The van der Waals surface area contributed by atoms with Crippen molar-refractivity contribution >= 4 is 11.7 Å². The van der Waals surface area contributed by atoms with Crippen LogP contribution < -0.4 is 16.0 Å². The van der Waals surface area contributed by atoms with Crippen LogP contribution in [0.15, 0.2) is 24.3 Å². The van der Waals surface area contributed by atoms with Gasteiger partial charge in [0.25, 0.3) is 5.91 Å². The molecular formula is C21H25N5O6. The normalized spacial score (nSPS) is 18.2. The number of hydrogen-bond acceptors (Lipinski definition) is 10. The Morgan fingerprint density at radius 3 is 2.88 bits per heavy atom. The summed E-state index contributed by atoms with van der Waals surface area (Å²) in [6.07, 6.45) is -0.447. The van der Waals surface area contributed by atoms with Crippen LogP contribution in [-0.2, 0) is 9.57 Å². The minimum Gasteiger partial charge on any atom is -0.471 e. The van der Waals surface area contributed by atoms with E-state index in [4.69, 9.17) is 25.3 Å². The topological polar surface area (TPSA) is 173 Å². The summed E-state index contributed by atoms with van der Waals surface area (Å²) in [6, 6.07) is 8.64. The van der Waals surface area contributed by atoms with Gasteiger partial charge in [-0.05, 0) is 26.0 Å². The van der Waals surface area contributed by atoms with Gasteiger partial charge in [-0.3, -0.25) is 9.63 Å². The summed E-state index contributed by atoms with van der Waals surface area (Å²) in [4.78, 5) is 26.4. The van der Waals surface area contributed by atoms with E-state index in [-0.39, 0.29) is 49.0 Å². The second kappa shape index (κ2) is 9.88. The molecule has 2 atom stereocenters. The first-order valence-corrected chi connectivity index (χ1v) is 9.92. The highest BCUT2D eigenvalue weighted by molar-refractivity contribution is 6.00. The molecule has 1 aliphatic heterocycles. The van der Waals surface area contributed by atoms with Gasteiger partial charge in [0.15, 0.2) is 5.82 Å². The number of amides is 1. The fourth-order valence-corrected chi connectivity index (χ4v) is 2.98. The van der Waals surface area contributed by atoms with Gasteiger partial charge >= 0.3 is 0 Å². The number of ether oxygens (including phenoxy) is 2. The van der Waals surface area contributed by atoms with Gasteiger partial charge in [0.05, 0.1) is 36.6 Å². The molecule has 2 aromatic rings. The second-order valence-electron chi connectivity index (χ2n) is 7.95. The van der Waals surface area contributed by atoms with E-state index in [0.717, 1.165) is 0 Å². The van der Waals surface area contributed by atoms with Crippen molar-refractivity contribution in [2.75, 3.05) is 25.6 Å². The summed E-state index contributed by atoms with van der Waals surface area (Å²) in [6.45, 7) is 2.92. The Bertz CT molecular complexity index is 1020. The zero-order chi connectivity index (χ0) is 23.3. The largest absolute Gasteiger partial charge is 0.471 e. The summed E-state index contributed by atoms with van der Waals surface area (Å²) in [5.74, 6) is -0.835. The van der Waals surface area contributed by atoms with Crippen molar-refractivity contribution in [3.63, 3.8) is 0 Å². The van der Waals surface area contributed by atoms with Crippen molar-refractivity contribution in [1.82, 2.24) is 15.4 Å². The fraction of sp³-hybridized carbons (Fsp3) is 0.429. The number of nitriles is 1. The van der Waals surface area contributed by atoms with Crippen LogP contribution in [0.25, 0.3) is 11.4 Å². The standard InChI is InChI=1S/C21H25N5O6/c1-21(2,29)11-31-26-19(28)16-17(23)24-18(13-5-3-4-12(6-13)8-22)25-20(16)32-15-7-14(9-27)30-10-15/h3-6,14-15,27,29H,7,9-11H2,1-2H3,(H,26,28)(H2,23,24,25)/t14?,15-/m0/s1. The molecule has 1 aromatic heterocycles. The number of nitrogen functional groups attached to an aromatic ring is 1. The van der Waals surface area contributed by atoms with Crippen molar-refractivity contribution in [2.45, 2.75) is 38.1 Å². The number of carbonyl (C=O) groups excluding carboxylic acids is 1. The maximum absolute atomic E-state index is 12.7. The SMILES string of the molecule is CC(C)(O)CONC(=O)c1c(N)nc(-c2cccc(C#N)c2)nc1O[C@@H]1COC(CO)C1. The molecule has 0 spiro atoms. The van der Waals surface area contributed by atoms with Crippen molar-refractivity contribution in [1.29, 1.82) is 5.26 Å². The number of anilines is 1. The quantitative estimate of drug-likeness (QED) is 0.422. The third kappa shape index (κ3) is 5.89. The minimum absolute atomic E-state index is 0.0913. The van der Waals surface area contributed by atoms with Crippen molar-refractivity contribution in [2.24, 2.45) is 0 Å². The highest BCUT2D eigenvalue weighted by Crippen LogP contribution is 2.29. The van der Waals surface area contributed by atoms with E-state index in [1.807, 2.05) is 6.07 Å². The highest BCUT2D eigenvalue weighted by atomic mass is 16.7. The van der Waals surface area contributed by atoms with Gasteiger partial charge < -0.3 is 25.4 Å². The monoisotopic (exact) mass is 443 g/mol. The predicted molar refractivity (Wildman–Crippen MR) is 112 cm³/mol. The maximum Gasteiger partial charge on any atom is 0.284 e. The molecule has 0 saturated carbocycles. The van der Waals surface area contributed by atoms with E-state index in [1.165, 1.54) is 13.8 Å². The lowest BCUT2D eigenvalue weighted by molar-refractivity contribution is -0.0523. The van der Waals surface area contributed by atoms with Crippen LogP contribution in [0.4, 0.5) is 5.82 Å². The molecular weight excluding hydrogens is 418 g/mol. The second-order valence-corrected chi connectivity index (χ2v) is 7.95. The summed E-state index contributed by atoms with van der Waals surface area (Å²) < 4.78 is 11.3. The molecule has 11 nitrogen and oxygen atoms in total. The molecule has 170 valence electrons. The zero-order valence-corrected chi connectivity index (χ0v) is 17.7. The van der Waals surface area contributed by atoms with Crippen molar-refractivity contribution in [3.05, 3.63) is 35.4 Å². The number of aromatic nitrogens is 2. The molecule has 0 bridgehead atoms. The van der Waals surface area contributed by atoms with Gasteiger partial charge in [-0.1, -0.05) is 12.1 Å². The van der Waals surface area contributed by atoms with Gasteiger partial charge in [0.1, 0.15) is 24.1 Å². The number of rotatable bonds is 8. The molecule has 5 N–H and O–H groups in total. The maximum atomic E-state index is 12.7. The first-order chi connectivity index (χ1) is 15.2. The molecule has 1 aromatic carbocycles. The van der Waals surface area contributed by atoms with Gasteiger partial charge in [-0.25, -0.2) is 10.5 Å². The van der Waals surface area contributed by atoms with E-state index >= 15 is 0 Å². The summed E-state index contributed by atoms with van der Waals surface area (Å²) >= 11 is 0. The lowest BCUT2D eigenvalue weighted by Crippen LogP contribution is -2.34. The van der Waals surface area contributed by atoms with Crippen LogP contribution in [0.1, 0.15) is 36.2 Å². The Kier molecular flexibility index (Phi) is 7.22. The van der Waals surface area contributed by atoms with Crippen LogP contribution in [0.2, 0.25) is 0 Å². The Hall–Kier alpha value is -3.30. The minimum atomic E-state index is -1.16. The fourth-order valence-electron chi connectivity index (χ4n) is 2.98. The third-order valence-electron chi connectivity index (χ3n) is 4.50. The lowest BCUT2D eigenvalue weighted by Gasteiger charge is -2.19. The lowest BCUT2D eigenvalue weighted by atomic mass is 10.1. The van der Waals surface area contributed by atoms with Crippen LogP contribution in [0.3, 0.4) is 0 Å². The summed E-state index contributed by atoms with van der Waals surface area (Å²) in [5, 5.41) is 28.2. The van der Waals surface area contributed by atoms with Crippen LogP contribution >= 0.6 is 0 Å². The van der Waals surface area contributed by atoms with Gasteiger partial charge in [-0.2, -0.15) is 10.2 Å².